The topological polar surface area (TPSA) is 60.2 Å². The van der Waals surface area contributed by atoms with Gasteiger partial charge in [-0.3, -0.25) is 9.36 Å². The third kappa shape index (κ3) is 5.85. The average Bonchev–Trinajstić information content (AvgIpc) is 3.26. The molecule has 0 unspecified atom stereocenters. The zero-order chi connectivity index (χ0) is 23.8. The van der Waals surface area contributed by atoms with Gasteiger partial charge in [-0.2, -0.15) is 0 Å². The molecule has 0 atom stereocenters. The van der Waals surface area contributed by atoms with E-state index in [1.165, 1.54) is 17.3 Å². The zero-order valence-electron chi connectivity index (χ0n) is 19.4. The van der Waals surface area contributed by atoms with E-state index >= 15 is 0 Å². The van der Waals surface area contributed by atoms with Crippen LogP contribution < -0.4 is 4.74 Å². The lowest BCUT2D eigenvalue weighted by Gasteiger charge is -2.23. The summed E-state index contributed by atoms with van der Waals surface area (Å²) in [6, 6.07) is 28.1. The van der Waals surface area contributed by atoms with Crippen LogP contribution >= 0.6 is 11.8 Å². The summed E-state index contributed by atoms with van der Waals surface area (Å²) in [7, 11) is 1.64. The first-order valence-corrected chi connectivity index (χ1v) is 12.2. The molecular weight excluding hydrogens is 444 g/mol. The Morgan fingerprint density at radius 2 is 1.56 bits per heavy atom. The highest BCUT2D eigenvalue weighted by atomic mass is 32.2. The first-order chi connectivity index (χ1) is 16.7. The van der Waals surface area contributed by atoms with Crippen molar-refractivity contribution in [2.45, 2.75) is 25.0 Å². The number of ether oxygens (including phenoxy) is 1. The quantitative estimate of drug-likeness (QED) is 0.306. The van der Waals surface area contributed by atoms with Gasteiger partial charge in [-0.05, 0) is 36.6 Å². The third-order valence-corrected chi connectivity index (χ3v) is 6.44. The number of thioether (sulfide) groups is 1. The van der Waals surface area contributed by atoms with Crippen molar-refractivity contribution in [3.8, 4) is 11.4 Å². The van der Waals surface area contributed by atoms with E-state index in [0.717, 1.165) is 29.2 Å². The van der Waals surface area contributed by atoms with Crippen LogP contribution in [0.3, 0.4) is 0 Å². The van der Waals surface area contributed by atoms with Crippen LogP contribution in [0.25, 0.3) is 5.69 Å². The minimum atomic E-state index is 0.0667. The molecule has 3 aromatic carbocycles. The Hall–Kier alpha value is -3.58. The van der Waals surface area contributed by atoms with E-state index in [0.29, 0.717) is 18.2 Å². The molecule has 0 aliphatic rings. The van der Waals surface area contributed by atoms with Gasteiger partial charge in [0, 0.05) is 13.1 Å². The lowest BCUT2D eigenvalue weighted by atomic mass is 10.1. The van der Waals surface area contributed by atoms with Crippen molar-refractivity contribution in [1.82, 2.24) is 19.7 Å². The second-order valence-corrected chi connectivity index (χ2v) is 8.80. The molecule has 4 aromatic rings. The molecule has 0 spiro atoms. The standard InChI is InChI=1S/C27H28N4O2S/c1-21-28-29-27(31(21)24-15-9-10-16-25(24)33-2)34-20-26(32)30(19-23-13-7-4-8-14-23)18-17-22-11-5-3-6-12-22/h3-16H,17-20H2,1-2H3. The molecule has 1 amide bonds. The summed E-state index contributed by atoms with van der Waals surface area (Å²) in [5.41, 5.74) is 3.18. The van der Waals surface area contributed by atoms with Crippen LogP contribution in [0.1, 0.15) is 17.0 Å². The molecule has 4 rings (SSSR count). The van der Waals surface area contributed by atoms with E-state index in [1.807, 2.05) is 77.1 Å². The molecule has 7 heteroatoms. The van der Waals surface area contributed by atoms with Crippen molar-refractivity contribution in [1.29, 1.82) is 0 Å². The minimum Gasteiger partial charge on any atom is -0.495 e. The van der Waals surface area contributed by atoms with Gasteiger partial charge in [-0.15, -0.1) is 10.2 Å². The smallest absolute Gasteiger partial charge is 0.233 e. The molecule has 34 heavy (non-hydrogen) atoms. The van der Waals surface area contributed by atoms with E-state index in [1.54, 1.807) is 7.11 Å². The SMILES string of the molecule is COc1ccccc1-n1c(C)nnc1SCC(=O)N(CCc1ccccc1)Cc1ccccc1. The summed E-state index contributed by atoms with van der Waals surface area (Å²) >= 11 is 1.39. The van der Waals surface area contributed by atoms with Crippen LogP contribution in [0.4, 0.5) is 0 Å². The Labute approximate surface area is 204 Å². The number of benzene rings is 3. The number of hydrogen-bond acceptors (Lipinski definition) is 5. The van der Waals surface area contributed by atoms with Crippen LogP contribution in [0.15, 0.2) is 90.1 Å². The van der Waals surface area contributed by atoms with Crippen molar-refractivity contribution in [3.05, 3.63) is 102 Å². The molecule has 0 aliphatic heterocycles. The lowest BCUT2D eigenvalue weighted by molar-refractivity contribution is -0.128. The predicted octanol–water partition coefficient (Wildman–Crippen LogP) is 4.95. The van der Waals surface area contributed by atoms with Crippen molar-refractivity contribution in [2.75, 3.05) is 19.4 Å². The first kappa shape index (κ1) is 23.6. The highest BCUT2D eigenvalue weighted by molar-refractivity contribution is 7.99. The van der Waals surface area contributed by atoms with Gasteiger partial charge in [-0.25, -0.2) is 0 Å². The van der Waals surface area contributed by atoms with Crippen LogP contribution in [0.2, 0.25) is 0 Å². The van der Waals surface area contributed by atoms with Crippen LogP contribution in [-0.4, -0.2) is 45.0 Å². The maximum atomic E-state index is 13.3. The minimum absolute atomic E-state index is 0.0667. The Balaban J connectivity index is 1.49. The number of carbonyl (C=O) groups excluding carboxylic acids is 1. The maximum Gasteiger partial charge on any atom is 0.233 e. The average molecular weight is 473 g/mol. The second kappa shape index (κ2) is 11.5. The summed E-state index contributed by atoms with van der Waals surface area (Å²) in [6.07, 6.45) is 0.806. The monoisotopic (exact) mass is 472 g/mol. The summed E-state index contributed by atoms with van der Waals surface area (Å²) in [6.45, 7) is 3.12. The fourth-order valence-corrected chi connectivity index (χ4v) is 4.64. The Morgan fingerprint density at radius 1 is 0.912 bits per heavy atom. The molecule has 0 fully saturated rings. The molecule has 0 radical (unpaired) electrons. The predicted molar refractivity (Wildman–Crippen MR) is 135 cm³/mol. The highest BCUT2D eigenvalue weighted by Crippen LogP contribution is 2.28. The number of aromatic nitrogens is 3. The number of methoxy groups -OCH3 is 1. The van der Waals surface area contributed by atoms with E-state index in [-0.39, 0.29) is 11.7 Å². The number of amides is 1. The van der Waals surface area contributed by atoms with Crippen molar-refractivity contribution >= 4 is 17.7 Å². The van der Waals surface area contributed by atoms with Crippen LogP contribution in [0.5, 0.6) is 5.75 Å². The molecule has 6 nitrogen and oxygen atoms in total. The molecule has 1 aromatic heterocycles. The van der Waals surface area contributed by atoms with Crippen molar-refractivity contribution in [2.24, 2.45) is 0 Å². The van der Waals surface area contributed by atoms with Gasteiger partial charge in [0.15, 0.2) is 5.16 Å². The Morgan fingerprint density at radius 3 is 2.26 bits per heavy atom. The van der Waals surface area contributed by atoms with Crippen molar-refractivity contribution in [3.63, 3.8) is 0 Å². The number of hydrogen-bond donors (Lipinski definition) is 0. The second-order valence-electron chi connectivity index (χ2n) is 7.86. The van der Waals surface area contributed by atoms with E-state index in [9.17, 15) is 4.79 Å². The fraction of sp³-hybridized carbons (Fsp3) is 0.222. The number of nitrogens with zero attached hydrogens (tertiary/aromatic N) is 4. The summed E-state index contributed by atoms with van der Waals surface area (Å²) in [5.74, 6) is 1.81. The summed E-state index contributed by atoms with van der Waals surface area (Å²) in [5, 5.41) is 9.24. The molecule has 0 aliphatic carbocycles. The van der Waals surface area contributed by atoms with Gasteiger partial charge in [-0.1, -0.05) is 84.6 Å². The molecule has 174 valence electrons. The van der Waals surface area contributed by atoms with E-state index < -0.39 is 0 Å². The van der Waals surface area contributed by atoms with Gasteiger partial charge in [0.1, 0.15) is 11.6 Å². The van der Waals surface area contributed by atoms with Crippen LogP contribution in [0, 0.1) is 6.92 Å². The first-order valence-electron chi connectivity index (χ1n) is 11.2. The zero-order valence-corrected chi connectivity index (χ0v) is 20.2. The van der Waals surface area contributed by atoms with Gasteiger partial charge >= 0.3 is 0 Å². The third-order valence-electron chi connectivity index (χ3n) is 5.53. The largest absolute Gasteiger partial charge is 0.495 e. The van der Waals surface area contributed by atoms with E-state index in [4.69, 9.17) is 4.74 Å². The number of aryl methyl sites for hydroxylation is 1. The highest BCUT2D eigenvalue weighted by Gasteiger charge is 2.19. The summed E-state index contributed by atoms with van der Waals surface area (Å²) in [4.78, 5) is 15.3. The number of carbonyl (C=O) groups is 1. The fourth-order valence-electron chi connectivity index (χ4n) is 3.75. The molecule has 0 N–H and O–H groups in total. The Kier molecular flexibility index (Phi) is 7.99. The number of para-hydroxylation sites is 2. The van der Waals surface area contributed by atoms with Gasteiger partial charge < -0.3 is 9.64 Å². The molecule has 0 bridgehead atoms. The van der Waals surface area contributed by atoms with Gasteiger partial charge in [0.05, 0.1) is 18.6 Å². The molecular formula is C27H28N4O2S. The molecule has 1 heterocycles. The van der Waals surface area contributed by atoms with Crippen molar-refractivity contribution < 1.29 is 9.53 Å². The molecule has 0 saturated heterocycles. The lowest BCUT2D eigenvalue weighted by Crippen LogP contribution is -2.34. The Bertz CT molecular complexity index is 1210. The number of rotatable bonds is 10. The van der Waals surface area contributed by atoms with Gasteiger partial charge in [0.25, 0.3) is 0 Å². The van der Waals surface area contributed by atoms with Gasteiger partial charge in [0.2, 0.25) is 5.91 Å². The van der Waals surface area contributed by atoms with E-state index in [2.05, 4.69) is 34.5 Å². The normalized spacial score (nSPS) is 10.8. The maximum absolute atomic E-state index is 13.3. The molecule has 0 saturated carbocycles. The van der Waals surface area contributed by atoms with Crippen LogP contribution in [-0.2, 0) is 17.8 Å². The summed E-state index contributed by atoms with van der Waals surface area (Å²) < 4.78 is 7.46.